The summed E-state index contributed by atoms with van der Waals surface area (Å²) in [5.41, 5.74) is 6.00. The summed E-state index contributed by atoms with van der Waals surface area (Å²) in [6.07, 6.45) is 13.3. The van der Waals surface area contributed by atoms with Crippen LogP contribution >= 0.6 is 10.9 Å². The number of allylic oxidation sites excluding steroid dienone is 7. The first-order valence-corrected chi connectivity index (χ1v) is 13.5. The Labute approximate surface area is 220 Å². The molecule has 3 rings (SSSR count). The molecule has 0 N–H and O–H groups in total. The van der Waals surface area contributed by atoms with Crippen LogP contribution in [0.15, 0.2) is 80.4 Å². The highest BCUT2D eigenvalue weighted by Gasteiger charge is 2.24. The van der Waals surface area contributed by atoms with E-state index in [0.717, 1.165) is 11.4 Å². The summed E-state index contributed by atoms with van der Waals surface area (Å²) in [5, 5.41) is 7.56. The predicted octanol–water partition coefficient (Wildman–Crippen LogP) is 4.92. The standard InChI is InChI=1S/C27H34F2N6OS/c1-6-34(21(3)36)20(2)18-33(4)37(5)35(24-14-9-7-8-10-15-24)19-23-13-11-12-22(17-30-23)25-16-26(27(28)29)32-31-25/h7-10,12-14,17,20,27H,5-6,11,16,18-19H2,1-4H3. The molecule has 37 heavy (non-hydrogen) atoms. The third-order valence-corrected chi connectivity index (χ3v) is 7.79. The second-order valence-electron chi connectivity index (χ2n) is 8.75. The zero-order valence-corrected chi connectivity index (χ0v) is 22.6. The van der Waals surface area contributed by atoms with Gasteiger partial charge in [-0.2, -0.15) is 10.2 Å². The summed E-state index contributed by atoms with van der Waals surface area (Å²) in [4.78, 5) is 18.5. The molecular weight excluding hydrogens is 494 g/mol. The average Bonchev–Trinajstić information content (AvgIpc) is 3.04. The van der Waals surface area contributed by atoms with Crippen molar-refractivity contribution in [3.8, 4) is 0 Å². The number of likely N-dealkylation sites (N-methyl/N-ethyl adjacent to an activating group) is 2. The number of rotatable bonds is 11. The molecule has 0 bridgehead atoms. The van der Waals surface area contributed by atoms with E-state index in [1.54, 1.807) is 13.1 Å². The van der Waals surface area contributed by atoms with Crippen molar-refractivity contribution in [3.05, 3.63) is 65.2 Å². The van der Waals surface area contributed by atoms with Gasteiger partial charge in [0.05, 0.1) is 23.7 Å². The van der Waals surface area contributed by atoms with Gasteiger partial charge in [0, 0.05) is 44.3 Å². The monoisotopic (exact) mass is 528 g/mol. The number of amides is 1. The van der Waals surface area contributed by atoms with Gasteiger partial charge in [-0.05, 0) is 56.2 Å². The van der Waals surface area contributed by atoms with Crippen molar-refractivity contribution < 1.29 is 13.6 Å². The summed E-state index contributed by atoms with van der Waals surface area (Å²) in [5.74, 6) is 4.52. The van der Waals surface area contributed by atoms with E-state index >= 15 is 0 Å². The largest absolute Gasteiger partial charge is 0.339 e. The topological polar surface area (TPSA) is 63.9 Å². The number of halogens is 2. The first-order valence-electron chi connectivity index (χ1n) is 12.2. The Morgan fingerprint density at radius 3 is 2.70 bits per heavy atom. The van der Waals surface area contributed by atoms with Gasteiger partial charge < -0.3 is 4.90 Å². The van der Waals surface area contributed by atoms with Gasteiger partial charge in [-0.3, -0.25) is 14.1 Å². The van der Waals surface area contributed by atoms with Crippen molar-refractivity contribution >= 4 is 40.3 Å². The lowest BCUT2D eigenvalue weighted by atomic mass is 10.1. The number of carbonyl (C=O) groups is 1. The van der Waals surface area contributed by atoms with Crippen molar-refractivity contribution in [2.45, 2.75) is 46.1 Å². The molecule has 0 aromatic carbocycles. The molecule has 0 saturated carbocycles. The number of aliphatic imine (C=N–C) groups is 1. The molecule has 2 aliphatic heterocycles. The van der Waals surface area contributed by atoms with Crippen LogP contribution in [0.4, 0.5) is 8.78 Å². The molecule has 0 aromatic rings. The Morgan fingerprint density at radius 2 is 2.03 bits per heavy atom. The van der Waals surface area contributed by atoms with Crippen molar-refractivity contribution in [1.29, 1.82) is 0 Å². The summed E-state index contributed by atoms with van der Waals surface area (Å²) in [7, 11) is 1.38. The van der Waals surface area contributed by atoms with Crippen molar-refractivity contribution in [2.75, 3.05) is 26.7 Å². The van der Waals surface area contributed by atoms with Crippen LogP contribution in [0.5, 0.6) is 0 Å². The molecular formula is C27H34F2N6OS. The predicted molar refractivity (Wildman–Crippen MR) is 151 cm³/mol. The highest BCUT2D eigenvalue weighted by atomic mass is 32.2. The van der Waals surface area contributed by atoms with Crippen molar-refractivity contribution in [1.82, 2.24) is 13.5 Å². The number of alkyl halides is 2. The van der Waals surface area contributed by atoms with Gasteiger partial charge in [0.15, 0.2) is 0 Å². The van der Waals surface area contributed by atoms with Crippen LogP contribution in [0.25, 0.3) is 0 Å². The molecule has 0 fully saturated rings. The summed E-state index contributed by atoms with van der Waals surface area (Å²) in [6, 6.07) is 0.0244. The van der Waals surface area contributed by atoms with Gasteiger partial charge in [0.1, 0.15) is 5.71 Å². The van der Waals surface area contributed by atoms with Crippen LogP contribution in [-0.2, 0) is 4.79 Å². The van der Waals surface area contributed by atoms with E-state index < -0.39 is 17.3 Å². The van der Waals surface area contributed by atoms with Gasteiger partial charge in [0.25, 0.3) is 6.43 Å². The normalized spacial score (nSPS) is 18.5. The highest BCUT2D eigenvalue weighted by molar-refractivity contribution is 8.10. The van der Waals surface area contributed by atoms with Gasteiger partial charge in [-0.1, -0.05) is 36.1 Å². The maximum atomic E-state index is 13.0. The lowest BCUT2D eigenvalue weighted by Gasteiger charge is -2.36. The van der Waals surface area contributed by atoms with E-state index in [4.69, 9.17) is 0 Å². The Hall–Kier alpha value is -3.20. The fourth-order valence-corrected chi connectivity index (χ4v) is 5.46. The molecule has 10 heteroatoms. The van der Waals surface area contributed by atoms with Crippen molar-refractivity contribution in [3.63, 3.8) is 0 Å². The molecule has 1 aliphatic carbocycles. The molecule has 2 unspecified atom stereocenters. The van der Waals surface area contributed by atoms with E-state index in [1.165, 1.54) is 0 Å². The zero-order chi connectivity index (χ0) is 26.9. The molecule has 0 spiro atoms. The minimum atomic E-state index is -2.61. The molecule has 0 saturated heterocycles. The highest BCUT2D eigenvalue weighted by Crippen LogP contribution is 2.30. The van der Waals surface area contributed by atoms with Gasteiger partial charge >= 0.3 is 0 Å². The van der Waals surface area contributed by atoms with Crippen LogP contribution in [-0.4, -0.2) is 82.1 Å². The van der Waals surface area contributed by atoms with Crippen LogP contribution in [0.1, 0.15) is 33.6 Å². The quantitative estimate of drug-likeness (QED) is 0.282. The molecule has 198 valence electrons. The van der Waals surface area contributed by atoms with E-state index in [0.29, 0.717) is 37.3 Å². The summed E-state index contributed by atoms with van der Waals surface area (Å²) in [6.45, 7) is 7.37. The molecule has 3 aliphatic rings. The van der Waals surface area contributed by atoms with Crippen molar-refractivity contribution in [2.24, 2.45) is 15.2 Å². The third-order valence-electron chi connectivity index (χ3n) is 6.08. The fourth-order valence-electron chi connectivity index (χ4n) is 4.12. The molecule has 0 aromatic heterocycles. The molecule has 1 amide bonds. The molecule has 2 heterocycles. The zero-order valence-electron chi connectivity index (χ0n) is 21.8. The minimum absolute atomic E-state index is 0.0244. The fraction of sp³-hybridized carbons (Fsp3) is 0.407. The minimum Gasteiger partial charge on any atom is -0.339 e. The number of hydrogen-bond donors (Lipinski definition) is 0. The Bertz CT molecular complexity index is 1190. The van der Waals surface area contributed by atoms with Crippen LogP contribution in [0.3, 0.4) is 0 Å². The lowest BCUT2D eigenvalue weighted by molar-refractivity contribution is -0.130. The van der Waals surface area contributed by atoms with Gasteiger partial charge in [0.2, 0.25) is 5.91 Å². The third kappa shape index (κ3) is 7.64. The summed E-state index contributed by atoms with van der Waals surface area (Å²) < 4.78 is 30.2. The second kappa shape index (κ2) is 13.4. The SMILES string of the molecule is C=S(N(C)CC(C)N(CC)C(C)=O)N(CC1=CCC=C(C2=NN=C(C(F)F)C2)C=N1)C1=C=CC=CC=C1. The van der Waals surface area contributed by atoms with E-state index in [9.17, 15) is 13.6 Å². The van der Waals surface area contributed by atoms with Crippen LogP contribution in [0, 0.1) is 0 Å². The number of nitrogens with zero attached hydrogens (tertiary/aromatic N) is 6. The van der Waals surface area contributed by atoms with E-state index in [1.807, 2.05) is 68.3 Å². The maximum Gasteiger partial charge on any atom is 0.278 e. The summed E-state index contributed by atoms with van der Waals surface area (Å²) >= 11 is 0. The average molecular weight is 529 g/mol. The maximum absolute atomic E-state index is 13.0. The Morgan fingerprint density at radius 1 is 1.24 bits per heavy atom. The Kier molecular flexibility index (Phi) is 10.3. The van der Waals surface area contributed by atoms with Gasteiger partial charge in [-0.25, -0.2) is 13.1 Å². The van der Waals surface area contributed by atoms with Crippen LogP contribution in [0.2, 0.25) is 0 Å². The Balaban J connectivity index is 1.76. The second-order valence-corrected chi connectivity index (χ2v) is 10.5. The van der Waals surface area contributed by atoms with Crippen LogP contribution < -0.4 is 0 Å². The van der Waals surface area contributed by atoms with E-state index in [2.05, 4.69) is 35.4 Å². The number of hydrogen-bond acceptors (Lipinski definition) is 6. The van der Waals surface area contributed by atoms with E-state index in [-0.39, 0.29) is 24.1 Å². The smallest absolute Gasteiger partial charge is 0.278 e. The first-order chi connectivity index (χ1) is 17.7. The molecule has 0 radical (unpaired) electrons. The van der Waals surface area contributed by atoms with Gasteiger partial charge in [-0.15, -0.1) is 0 Å². The molecule has 7 nitrogen and oxygen atoms in total. The molecule has 2 atom stereocenters. The number of carbonyl (C=O) groups excluding carboxylic acids is 1. The lowest BCUT2D eigenvalue weighted by Crippen LogP contribution is -2.43. The first kappa shape index (κ1) is 28.4.